The maximum absolute atomic E-state index is 12.6. The molecule has 0 aliphatic carbocycles. The normalized spacial score (nSPS) is 17.4. The third-order valence-electron chi connectivity index (χ3n) is 5.59. The SMILES string of the molecule is CN1CCN(c2ccc(NC(=O)c3cccc(C(=O)N4CCCC4)n3)cc2)CC1. The van der Waals surface area contributed by atoms with Crippen LogP contribution in [0.3, 0.4) is 0 Å². The highest BCUT2D eigenvalue weighted by Crippen LogP contribution is 2.20. The standard InChI is InChI=1S/C22H27N5O2/c1-25-13-15-26(16-14-25)18-9-7-17(8-10-18)23-21(28)19-5-4-6-20(24-19)22(29)27-11-2-3-12-27/h4-10H,2-3,11-16H2,1H3,(H,23,28). The number of piperazine rings is 1. The topological polar surface area (TPSA) is 68.8 Å². The van der Waals surface area contributed by atoms with E-state index in [4.69, 9.17) is 0 Å². The van der Waals surface area contributed by atoms with Crippen molar-refractivity contribution in [2.75, 3.05) is 56.5 Å². The molecule has 4 rings (SSSR count). The van der Waals surface area contributed by atoms with Crippen LogP contribution in [-0.2, 0) is 0 Å². The number of benzene rings is 1. The Hall–Kier alpha value is -2.93. The first-order valence-corrected chi connectivity index (χ1v) is 10.2. The summed E-state index contributed by atoms with van der Waals surface area (Å²) in [5.41, 5.74) is 2.45. The average molecular weight is 393 g/mol. The fourth-order valence-electron chi connectivity index (χ4n) is 3.78. The molecule has 1 aromatic heterocycles. The summed E-state index contributed by atoms with van der Waals surface area (Å²) in [7, 11) is 2.14. The zero-order valence-electron chi connectivity index (χ0n) is 16.8. The van der Waals surface area contributed by atoms with Gasteiger partial charge in [-0.2, -0.15) is 0 Å². The Bertz CT molecular complexity index is 869. The molecular formula is C22H27N5O2. The zero-order valence-corrected chi connectivity index (χ0v) is 16.8. The minimum Gasteiger partial charge on any atom is -0.369 e. The molecule has 0 bridgehead atoms. The second-order valence-corrected chi connectivity index (χ2v) is 7.70. The van der Waals surface area contributed by atoms with E-state index in [1.807, 2.05) is 24.3 Å². The van der Waals surface area contributed by atoms with E-state index in [2.05, 4.69) is 27.1 Å². The molecule has 2 amide bonds. The number of likely N-dealkylation sites (N-methyl/N-ethyl adjacent to an activating group) is 1. The highest BCUT2D eigenvalue weighted by Gasteiger charge is 2.21. The smallest absolute Gasteiger partial charge is 0.274 e. The van der Waals surface area contributed by atoms with E-state index < -0.39 is 0 Å². The van der Waals surface area contributed by atoms with Crippen LogP contribution in [0.15, 0.2) is 42.5 Å². The molecule has 0 saturated carbocycles. The van der Waals surface area contributed by atoms with Crippen molar-refractivity contribution in [3.63, 3.8) is 0 Å². The Labute approximate surface area is 171 Å². The minimum absolute atomic E-state index is 0.103. The van der Waals surface area contributed by atoms with Crippen LogP contribution in [0, 0.1) is 0 Å². The summed E-state index contributed by atoms with van der Waals surface area (Å²) in [5, 5.41) is 2.88. The number of rotatable bonds is 4. The number of carbonyl (C=O) groups excluding carboxylic acids is 2. The Balaban J connectivity index is 1.40. The summed E-state index contributed by atoms with van der Waals surface area (Å²) in [5.74, 6) is -0.415. The molecule has 2 aliphatic rings. The number of nitrogens with one attached hydrogen (secondary N) is 1. The van der Waals surface area contributed by atoms with Gasteiger partial charge >= 0.3 is 0 Å². The van der Waals surface area contributed by atoms with Gasteiger partial charge < -0.3 is 20.0 Å². The van der Waals surface area contributed by atoms with Crippen molar-refractivity contribution in [2.24, 2.45) is 0 Å². The number of hydrogen-bond donors (Lipinski definition) is 1. The summed E-state index contributed by atoms with van der Waals surface area (Å²) in [6.07, 6.45) is 2.05. The second-order valence-electron chi connectivity index (χ2n) is 7.70. The van der Waals surface area contributed by atoms with Gasteiger partial charge in [0.2, 0.25) is 0 Å². The van der Waals surface area contributed by atoms with Crippen LogP contribution in [0.4, 0.5) is 11.4 Å². The molecule has 3 heterocycles. The summed E-state index contributed by atoms with van der Waals surface area (Å²) in [4.78, 5) is 35.9. The van der Waals surface area contributed by atoms with Crippen molar-refractivity contribution >= 4 is 23.2 Å². The maximum Gasteiger partial charge on any atom is 0.274 e. The monoisotopic (exact) mass is 393 g/mol. The second kappa shape index (κ2) is 8.61. The largest absolute Gasteiger partial charge is 0.369 e. The van der Waals surface area contributed by atoms with E-state index >= 15 is 0 Å². The average Bonchev–Trinajstić information content (AvgIpc) is 3.29. The molecule has 2 aliphatic heterocycles. The van der Waals surface area contributed by atoms with Crippen LogP contribution in [0.5, 0.6) is 0 Å². The zero-order chi connectivity index (χ0) is 20.2. The molecule has 1 N–H and O–H groups in total. The number of hydrogen-bond acceptors (Lipinski definition) is 5. The third-order valence-corrected chi connectivity index (χ3v) is 5.59. The lowest BCUT2D eigenvalue weighted by molar-refractivity contribution is 0.0787. The lowest BCUT2D eigenvalue weighted by atomic mass is 10.2. The Morgan fingerprint density at radius 2 is 1.52 bits per heavy atom. The van der Waals surface area contributed by atoms with E-state index in [-0.39, 0.29) is 17.5 Å². The molecule has 152 valence electrons. The lowest BCUT2D eigenvalue weighted by Crippen LogP contribution is -2.44. The van der Waals surface area contributed by atoms with Gasteiger partial charge in [0, 0.05) is 50.6 Å². The van der Waals surface area contributed by atoms with E-state index in [9.17, 15) is 9.59 Å². The van der Waals surface area contributed by atoms with Gasteiger partial charge in [0.05, 0.1) is 0 Å². The first-order valence-electron chi connectivity index (χ1n) is 10.2. The van der Waals surface area contributed by atoms with Gasteiger partial charge in [-0.15, -0.1) is 0 Å². The molecule has 0 radical (unpaired) electrons. The molecule has 0 unspecified atom stereocenters. The molecule has 0 spiro atoms. The molecule has 1 aromatic carbocycles. The van der Waals surface area contributed by atoms with Crippen molar-refractivity contribution < 1.29 is 9.59 Å². The lowest BCUT2D eigenvalue weighted by Gasteiger charge is -2.34. The van der Waals surface area contributed by atoms with Crippen LogP contribution in [0.1, 0.15) is 33.8 Å². The van der Waals surface area contributed by atoms with E-state index in [0.29, 0.717) is 11.4 Å². The number of amides is 2. The number of likely N-dealkylation sites (tertiary alicyclic amines) is 1. The Kier molecular flexibility index (Phi) is 5.76. The van der Waals surface area contributed by atoms with Gasteiger partial charge in [0.15, 0.2) is 0 Å². The van der Waals surface area contributed by atoms with Crippen molar-refractivity contribution in [2.45, 2.75) is 12.8 Å². The Morgan fingerprint density at radius 3 is 2.21 bits per heavy atom. The van der Waals surface area contributed by atoms with Crippen LogP contribution >= 0.6 is 0 Å². The summed E-state index contributed by atoms with van der Waals surface area (Å²) in [6, 6.07) is 12.9. The first-order chi connectivity index (χ1) is 14.1. The summed E-state index contributed by atoms with van der Waals surface area (Å²) < 4.78 is 0. The molecule has 2 saturated heterocycles. The van der Waals surface area contributed by atoms with Crippen LogP contribution in [0.25, 0.3) is 0 Å². The van der Waals surface area contributed by atoms with Crippen molar-refractivity contribution in [1.82, 2.24) is 14.8 Å². The highest BCUT2D eigenvalue weighted by molar-refractivity contribution is 6.04. The molecule has 29 heavy (non-hydrogen) atoms. The van der Waals surface area contributed by atoms with E-state index in [1.165, 1.54) is 0 Å². The number of carbonyl (C=O) groups is 2. The predicted octanol–water partition coefficient (Wildman–Crippen LogP) is 2.32. The third kappa shape index (κ3) is 4.56. The number of pyridine rings is 1. The van der Waals surface area contributed by atoms with Gasteiger partial charge in [0.1, 0.15) is 11.4 Å². The summed E-state index contributed by atoms with van der Waals surface area (Å²) in [6.45, 7) is 5.63. The van der Waals surface area contributed by atoms with Crippen LogP contribution in [0.2, 0.25) is 0 Å². The summed E-state index contributed by atoms with van der Waals surface area (Å²) >= 11 is 0. The maximum atomic E-state index is 12.6. The Morgan fingerprint density at radius 1 is 0.862 bits per heavy atom. The quantitative estimate of drug-likeness (QED) is 0.863. The van der Waals surface area contributed by atoms with Crippen LogP contribution < -0.4 is 10.2 Å². The van der Waals surface area contributed by atoms with Crippen molar-refractivity contribution in [3.8, 4) is 0 Å². The molecule has 2 fully saturated rings. The number of aromatic nitrogens is 1. The highest BCUT2D eigenvalue weighted by atomic mass is 16.2. The first kappa shape index (κ1) is 19.4. The number of nitrogens with zero attached hydrogens (tertiary/aromatic N) is 4. The van der Waals surface area contributed by atoms with Gasteiger partial charge in [-0.3, -0.25) is 9.59 Å². The van der Waals surface area contributed by atoms with E-state index in [0.717, 1.165) is 57.8 Å². The van der Waals surface area contributed by atoms with Gasteiger partial charge in [-0.05, 0) is 56.3 Å². The molecule has 7 nitrogen and oxygen atoms in total. The fourth-order valence-corrected chi connectivity index (χ4v) is 3.78. The van der Waals surface area contributed by atoms with Crippen molar-refractivity contribution in [1.29, 1.82) is 0 Å². The van der Waals surface area contributed by atoms with Gasteiger partial charge in [0.25, 0.3) is 11.8 Å². The van der Waals surface area contributed by atoms with Crippen LogP contribution in [-0.4, -0.2) is 72.9 Å². The van der Waals surface area contributed by atoms with E-state index in [1.54, 1.807) is 23.1 Å². The molecule has 2 aromatic rings. The number of anilines is 2. The van der Waals surface area contributed by atoms with Crippen molar-refractivity contribution in [3.05, 3.63) is 53.9 Å². The predicted molar refractivity (Wildman–Crippen MR) is 113 cm³/mol. The van der Waals surface area contributed by atoms with Gasteiger partial charge in [-0.25, -0.2) is 4.98 Å². The fraction of sp³-hybridized carbons (Fsp3) is 0.409. The molecular weight excluding hydrogens is 366 g/mol. The molecule has 0 atom stereocenters. The molecule has 7 heteroatoms. The van der Waals surface area contributed by atoms with Gasteiger partial charge in [-0.1, -0.05) is 6.07 Å². The minimum atomic E-state index is -0.312.